The second kappa shape index (κ2) is 12.4. The molecule has 0 unspecified atom stereocenters. The molecule has 3 aromatic rings. The molecule has 3 rings (SSSR count). The van der Waals surface area contributed by atoms with Crippen LogP contribution in [0.5, 0.6) is 5.75 Å². The number of aryl methyl sites for hydroxylation is 2. The number of ether oxygens (including phenoxy) is 2. The number of hydrogen-bond donors (Lipinski definition) is 0. The van der Waals surface area contributed by atoms with Crippen molar-refractivity contribution in [1.29, 1.82) is 0 Å². The summed E-state index contributed by atoms with van der Waals surface area (Å²) in [6.45, 7) is 8.12. The quantitative estimate of drug-likeness (QED) is 0.189. The molecule has 0 saturated carbocycles. The largest absolute Gasteiger partial charge is 0.482 e. The van der Waals surface area contributed by atoms with E-state index in [1.807, 2.05) is 31.2 Å². The number of halogens is 3. The highest BCUT2D eigenvalue weighted by molar-refractivity contribution is 7.98. The number of furan rings is 1. The van der Waals surface area contributed by atoms with Gasteiger partial charge in [0.2, 0.25) is 0 Å². The Morgan fingerprint density at radius 1 is 1.08 bits per heavy atom. The van der Waals surface area contributed by atoms with Gasteiger partial charge in [0.25, 0.3) is 0 Å². The molecule has 4 nitrogen and oxygen atoms in total. The number of carbonyl (C=O) groups excluding carboxylic acids is 1. The number of carbonyl (C=O) groups is 1. The number of rotatable bonds is 11. The highest BCUT2D eigenvalue weighted by Crippen LogP contribution is 2.35. The lowest BCUT2D eigenvalue weighted by atomic mass is 10.1. The first-order valence-corrected chi connectivity index (χ1v) is 12.9. The summed E-state index contributed by atoms with van der Waals surface area (Å²) in [5, 5.41) is 0. The summed E-state index contributed by atoms with van der Waals surface area (Å²) in [5.74, 6) is 2.79. The highest BCUT2D eigenvalue weighted by atomic mass is 32.2. The predicted octanol–water partition coefficient (Wildman–Crippen LogP) is 8.10. The van der Waals surface area contributed by atoms with Gasteiger partial charge in [-0.05, 0) is 68.1 Å². The normalized spacial score (nSPS) is 11.7. The molecule has 8 heteroatoms. The van der Waals surface area contributed by atoms with Crippen LogP contribution in [0, 0.1) is 12.8 Å². The first kappa shape index (κ1) is 27.7. The van der Waals surface area contributed by atoms with Crippen molar-refractivity contribution in [2.45, 2.75) is 57.4 Å². The van der Waals surface area contributed by atoms with Crippen LogP contribution in [-0.2, 0) is 27.9 Å². The molecular formula is C28H31F3O4S. The van der Waals surface area contributed by atoms with Crippen molar-refractivity contribution >= 4 is 17.7 Å². The molecule has 2 aromatic carbocycles. The number of alkyl halides is 3. The second-order valence-electron chi connectivity index (χ2n) is 8.88. The van der Waals surface area contributed by atoms with Gasteiger partial charge in [-0.1, -0.05) is 26.0 Å². The summed E-state index contributed by atoms with van der Waals surface area (Å²) in [4.78, 5) is 12.6. The molecule has 0 N–H and O–H groups in total. The van der Waals surface area contributed by atoms with Gasteiger partial charge in [-0.15, -0.1) is 11.8 Å². The van der Waals surface area contributed by atoms with Gasteiger partial charge >= 0.3 is 12.1 Å². The van der Waals surface area contributed by atoms with Crippen molar-refractivity contribution in [2.24, 2.45) is 5.92 Å². The molecule has 0 saturated heterocycles. The molecular weight excluding hydrogens is 489 g/mol. The lowest BCUT2D eigenvalue weighted by Gasteiger charge is -2.10. The van der Waals surface area contributed by atoms with Crippen LogP contribution in [0.15, 0.2) is 57.8 Å². The lowest BCUT2D eigenvalue weighted by Crippen LogP contribution is -2.14. The minimum Gasteiger partial charge on any atom is -0.482 e. The van der Waals surface area contributed by atoms with E-state index in [4.69, 9.17) is 13.9 Å². The van der Waals surface area contributed by atoms with E-state index in [0.717, 1.165) is 46.8 Å². The van der Waals surface area contributed by atoms with E-state index in [0.29, 0.717) is 35.4 Å². The average Bonchev–Trinajstić information content (AvgIpc) is 3.23. The van der Waals surface area contributed by atoms with Crippen molar-refractivity contribution in [3.63, 3.8) is 0 Å². The third-order valence-corrected chi connectivity index (χ3v) is 6.58. The average molecular weight is 521 g/mol. The number of hydrogen-bond acceptors (Lipinski definition) is 5. The molecule has 0 fully saturated rings. The lowest BCUT2D eigenvalue weighted by molar-refractivity contribution is -0.145. The summed E-state index contributed by atoms with van der Waals surface area (Å²) in [5.41, 5.74) is 1.86. The van der Waals surface area contributed by atoms with E-state index < -0.39 is 17.7 Å². The van der Waals surface area contributed by atoms with Crippen LogP contribution in [-0.4, -0.2) is 19.2 Å². The maximum absolute atomic E-state index is 12.9. The molecule has 0 amide bonds. The summed E-state index contributed by atoms with van der Waals surface area (Å²) < 4.78 is 55.4. The first-order chi connectivity index (χ1) is 17.1. The molecule has 36 heavy (non-hydrogen) atoms. The van der Waals surface area contributed by atoms with Crippen LogP contribution >= 0.6 is 11.8 Å². The number of benzene rings is 2. The van der Waals surface area contributed by atoms with Gasteiger partial charge in [0, 0.05) is 28.2 Å². The van der Waals surface area contributed by atoms with Crippen LogP contribution < -0.4 is 4.74 Å². The summed E-state index contributed by atoms with van der Waals surface area (Å²) in [6, 6.07) is 12.7. The summed E-state index contributed by atoms with van der Waals surface area (Å²) >= 11 is 1.64. The smallest absolute Gasteiger partial charge is 0.416 e. The zero-order valence-corrected chi connectivity index (χ0v) is 21.7. The fourth-order valence-corrected chi connectivity index (χ4v) is 4.55. The summed E-state index contributed by atoms with van der Waals surface area (Å²) in [6.07, 6.45) is -2.67. The first-order valence-electron chi connectivity index (χ1n) is 11.9. The number of thioether (sulfide) groups is 1. The van der Waals surface area contributed by atoms with Crippen molar-refractivity contribution in [2.75, 3.05) is 13.2 Å². The van der Waals surface area contributed by atoms with E-state index in [9.17, 15) is 18.0 Å². The third-order valence-electron chi connectivity index (χ3n) is 5.53. The van der Waals surface area contributed by atoms with Crippen LogP contribution in [0.2, 0.25) is 0 Å². The summed E-state index contributed by atoms with van der Waals surface area (Å²) in [7, 11) is 0. The van der Waals surface area contributed by atoms with Crippen molar-refractivity contribution in [3.8, 4) is 17.1 Å². The maximum Gasteiger partial charge on any atom is 0.416 e. The zero-order chi connectivity index (χ0) is 26.3. The fraction of sp³-hybridized carbons (Fsp3) is 0.393. The predicted molar refractivity (Wildman–Crippen MR) is 135 cm³/mol. The van der Waals surface area contributed by atoms with Crippen molar-refractivity contribution in [1.82, 2.24) is 0 Å². The zero-order valence-electron chi connectivity index (χ0n) is 20.9. The van der Waals surface area contributed by atoms with Gasteiger partial charge in [-0.2, -0.15) is 13.2 Å². The molecule has 0 aliphatic rings. The molecule has 0 bridgehead atoms. The molecule has 1 aromatic heterocycles. The van der Waals surface area contributed by atoms with E-state index in [-0.39, 0.29) is 6.61 Å². The van der Waals surface area contributed by atoms with Crippen molar-refractivity contribution < 1.29 is 31.9 Å². The SMILES string of the molecule is CCOC(=O)COc1ccc(SCc2cc(-c3ccc(C(F)(F)F)cc3)oc2CCC(C)C)cc1C. The van der Waals surface area contributed by atoms with Gasteiger partial charge in [-0.3, -0.25) is 0 Å². The van der Waals surface area contributed by atoms with Gasteiger partial charge in [-0.25, -0.2) is 4.79 Å². The molecule has 0 aliphatic heterocycles. The van der Waals surface area contributed by atoms with Gasteiger partial charge in [0.05, 0.1) is 12.2 Å². The Labute approximate surface area is 214 Å². The Balaban J connectivity index is 1.73. The van der Waals surface area contributed by atoms with Gasteiger partial charge in [0.15, 0.2) is 6.61 Å². The van der Waals surface area contributed by atoms with E-state index in [1.54, 1.807) is 18.7 Å². The standard InChI is InChI=1S/C28H31F3O4S/c1-5-33-27(32)16-34-24-13-11-23(14-19(24)4)36-17-21-15-26(35-25(21)12-6-18(2)3)20-7-9-22(10-8-20)28(29,30)31/h7-11,13-15,18H,5-6,12,16-17H2,1-4H3. The minimum absolute atomic E-state index is 0.137. The van der Waals surface area contributed by atoms with E-state index >= 15 is 0 Å². The fourth-order valence-electron chi connectivity index (χ4n) is 3.56. The van der Waals surface area contributed by atoms with Gasteiger partial charge in [0.1, 0.15) is 17.3 Å². The molecule has 194 valence electrons. The molecule has 1 heterocycles. The molecule has 0 aliphatic carbocycles. The van der Waals surface area contributed by atoms with Crippen molar-refractivity contribution in [3.05, 3.63) is 71.0 Å². The van der Waals surface area contributed by atoms with Crippen LogP contribution in [0.1, 0.15) is 49.6 Å². The van der Waals surface area contributed by atoms with Crippen LogP contribution in [0.25, 0.3) is 11.3 Å². The molecule has 0 atom stereocenters. The van der Waals surface area contributed by atoms with Crippen LogP contribution in [0.4, 0.5) is 13.2 Å². The number of esters is 1. The van der Waals surface area contributed by atoms with Crippen LogP contribution in [0.3, 0.4) is 0 Å². The Kier molecular flexibility index (Phi) is 9.54. The Bertz CT molecular complexity index is 1150. The molecule has 0 spiro atoms. The Morgan fingerprint density at radius 3 is 2.42 bits per heavy atom. The molecule has 0 radical (unpaired) electrons. The maximum atomic E-state index is 12.9. The second-order valence-corrected chi connectivity index (χ2v) is 9.93. The third kappa shape index (κ3) is 7.82. The minimum atomic E-state index is -4.37. The Hall–Kier alpha value is -2.87. The topological polar surface area (TPSA) is 48.7 Å². The highest BCUT2D eigenvalue weighted by Gasteiger charge is 2.30. The monoisotopic (exact) mass is 520 g/mol. The Morgan fingerprint density at radius 2 is 1.81 bits per heavy atom. The van der Waals surface area contributed by atoms with Gasteiger partial charge < -0.3 is 13.9 Å². The van der Waals surface area contributed by atoms with E-state index in [2.05, 4.69) is 13.8 Å². The van der Waals surface area contributed by atoms with E-state index in [1.165, 1.54) is 12.1 Å².